The Labute approximate surface area is 59.1 Å². The van der Waals surface area contributed by atoms with E-state index in [0.717, 1.165) is 18.2 Å². The summed E-state index contributed by atoms with van der Waals surface area (Å²) in [6.07, 6.45) is 11.0. The molecule has 0 N–H and O–H groups in total. The van der Waals surface area contributed by atoms with Gasteiger partial charge >= 0.3 is 0 Å². The van der Waals surface area contributed by atoms with Crippen LogP contribution in [0.3, 0.4) is 0 Å². The van der Waals surface area contributed by atoms with E-state index in [1.54, 1.807) is 0 Å². The summed E-state index contributed by atoms with van der Waals surface area (Å²) >= 11 is 3.26. The van der Waals surface area contributed by atoms with Crippen molar-refractivity contribution < 1.29 is 0 Å². The topological polar surface area (TPSA) is 0 Å². The van der Waals surface area contributed by atoms with Crippen LogP contribution in [0.5, 0.6) is 0 Å². The Kier molecular flexibility index (Phi) is 6.59. The lowest BCUT2D eigenvalue weighted by Gasteiger charge is -1.79. The predicted molar refractivity (Wildman–Crippen MR) is 41.0 cm³/mol. The zero-order valence-electron chi connectivity index (χ0n) is 4.73. The normalized spacial score (nSPS) is 9.50. The number of halogens is 1. The second-order valence-corrected chi connectivity index (χ2v) is 2.02. The molecule has 0 radical (unpaired) electrons. The molecule has 0 unspecified atom stereocenters. The minimum atomic E-state index is 0.851. The maximum absolute atomic E-state index is 5.02. The quantitative estimate of drug-likeness (QED) is 0.266. The minimum Gasteiger partial charge on any atom is -0.120 e. The van der Waals surface area contributed by atoms with Gasteiger partial charge in [-0.25, -0.2) is 0 Å². The van der Waals surface area contributed by atoms with Crippen molar-refractivity contribution in [2.75, 3.05) is 5.33 Å². The Morgan fingerprint density at radius 3 is 2.75 bits per heavy atom. The summed E-state index contributed by atoms with van der Waals surface area (Å²) < 4.78 is 0. The molecule has 0 nitrogen and oxygen atoms in total. The van der Waals surface area contributed by atoms with Crippen molar-refractivity contribution >= 4 is 15.9 Å². The first-order chi connectivity index (χ1) is 3.91. The minimum absolute atomic E-state index is 0.851. The molecule has 8 heavy (non-hydrogen) atoms. The third-order valence-electron chi connectivity index (χ3n) is 0.711. The molecule has 0 aliphatic heterocycles. The van der Waals surface area contributed by atoms with Crippen molar-refractivity contribution in [3.8, 4) is 12.3 Å². The zero-order chi connectivity index (χ0) is 6.24. The summed E-state index contributed by atoms with van der Waals surface area (Å²) in [4.78, 5) is 0. The number of alkyl halides is 1. The van der Waals surface area contributed by atoms with Crippen LogP contribution < -0.4 is 0 Å². The molecule has 0 aromatic rings. The highest BCUT2D eigenvalue weighted by Gasteiger charge is 1.71. The van der Waals surface area contributed by atoms with Crippen LogP contribution in [0.15, 0.2) is 12.2 Å². The van der Waals surface area contributed by atoms with Gasteiger partial charge in [-0.1, -0.05) is 28.1 Å². The second-order valence-electron chi connectivity index (χ2n) is 1.37. The number of allylic oxidation sites excluding steroid dienone is 2. The number of unbranched alkanes of at least 4 members (excludes halogenated alkanes) is 1. The largest absolute Gasteiger partial charge is 0.120 e. The van der Waals surface area contributed by atoms with E-state index in [9.17, 15) is 0 Å². The molecule has 0 aromatic heterocycles. The van der Waals surface area contributed by atoms with E-state index < -0.39 is 0 Å². The van der Waals surface area contributed by atoms with Gasteiger partial charge in [-0.15, -0.1) is 12.3 Å². The molecule has 0 fully saturated rings. The molecule has 0 aliphatic rings. The summed E-state index contributed by atoms with van der Waals surface area (Å²) in [5, 5.41) is 0.928. The first-order valence-corrected chi connectivity index (χ1v) is 3.68. The summed E-state index contributed by atoms with van der Waals surface area (Å²) in [7, 11) is 0. The monoisotopic (exact) mass is 172 g/mol. The van der Waals surface area contributed by atoms with E-state index in [2.05, 4.69) is 34.0 Å². The molecule has 0 saturated carbocycles. The summed E-state index contributed by atoms with van der Waals surface area (Å²) in [5.41, 5.74) is 0. The van der Waals surface area contributed by atoms with E-state index in [0.29, 0.717) is 0 Å². The molecule has 0 saturated heterocycles. The van der Waals surface area contributed by atoms with Gasteiger partial charge in [-0.3, -0.25) is 0 Å². The van der Waals surface area contributed by atoms with Crippen LogP contribution in [0.1, 0.15) is 12.8 Å². The van der Waals surface area contributed by atoms with Crippen molar-refractivity contribution in [1.29, 1.82) is 0 Å². The molecule has 0 bridgehead atoms. The fourth-order valence-electron chi connectivity index (χ4n) is 0.348. The van der Waals surface area contributed by atoms with Crippen molar-refractivity contribution in [2.45, 2.75) is 12.8 Å². The van der Waals surface area contributed by atoms with Gasteiger partial charge in [0.05, 0.1) is 0 Å². The lowest BCUT2D eigenvalue weighted by molar-refractivity contribution is 1.08. The summed E-state index contributed by atoms with van der Waals surface area (Å²) in [6.45, 7) is 0. The van der Waals surface area contributed by atoms with E-state index in [1.165, 1.54) is 0 Å². The Morgan fingerprint density at radius 1 is 1.50 bits per heavy atom. The highest BCUT2D eigenvalue weighted by Crippen LogP contribution is 1.89. The van der Waals surface area contributed by atoms with E-state index in [1.807, 2.05) is 0 Å². The van der Waals surface area contributed by atoms with E-state index >= 15 is 0 Å². The molecule has 0 aromatic carbocycles. The van der Waals surface area contributed by atoms with Gasteiger partial charge in [0.1, 0.15) is 0 Å². The zero-order valence-corrected chi connectivity index (χ0v) is 6.32. The highest BCUT2D eigenvalue weighted by molar-refractivity contribution is 9.09. The Hall–Kier alpha value is -0.220. The molecule has 0 amide bonds. The van der Waals surface area contributed by atoms with Crippen molar-refractivity contribution in [1.82, 2.24) is 0 Å². The average molecular weight is 173 g/mol. The van der Waals surface area contributed by atoms with Crippen LogP contribution in [0.2, 0.25) is 0 Å². The molecule has 0 aliphatic carbocycles. The smallest absolute Gasteiger partial charge is 0.0212 e. The lowest BCUT2D eigenvalue weighted by atomic mass is 10.3. The van der Waals surface area contributed by atoms with Crippen molar-refractivity contribution in [2.24, 2.45) is 0 Å². The molecular formula is C7H9Br. The van der Waals surface area contributed by atoms with Gasteiger partial charge in [0.2, 0.25) is 0 Å². The number of hydrogen-bond acceptors (Lipinski definition) is 0. The molecule has 44 valence electrons. The third kappa shape index (κ3) is 5.78. The van der Waals surface area contributed by atoms with E-state index in [4.69, 9.17) is 6.42 Å². The summed E-state index contributed by atoms with van der Waals surface area (Å²) in [6, 6.07) is 0. The molecule has 0 heterocycles. The standard InChI is InChI=1S/C7H9Br/c1-2-3-4-5-6-7-8/h1,5-6H,3-4,7H2/b6-5+. The van der Waals surface area contributed by atoms with Gasteiger partial charge in [-0.05, 0) is 6.42 Å². The third-order valence-corrected chi connectivity index (χ3v) is 1.08. The molecule has 1 heteroatoms. The average Bonchev–Trinajstić information content (AvgIpc) is 1.81. The van der Waals surface area contributed by atoms with Crippen LogP contribution in [-0.4, -0.2) is 5.33 Å². The van der Waals surface area contributed by atoms with Gasteiger partial charge in [0.15, 0.2) is 0 Å². The maximum atomic E-state index is 5.02. The van der Waals surface area contributed by atoms with Crippen LogP contribution in [0.4, 0.5) is 0 Å². The van der Waals surface area contributed by atoms with Crippen molar-refractivity contribution in [3.05, 3.63) is 12.2 Å². The predicted octanol–water partition coefficient (Wildman–Crippen LogP) is 2.35. The number of rotatable bonds is 3. The first kappa shape index (κ1) is 7.78. The molecule has 0 rings (SSSR count). The molecule has 0 atom stereocenters. The van der Waals surface area contributed by atoms with Crippen LogP contribution in [0.25, 0.3) is 0 Å². The van der Waals surface area contributed by atoms with Gasteiger partial charge in [0, 0.05) is 11.8 Å². The van der Waals surface area contributed by atoms with Gasteiger partial charge in [-0.2, -0.15) is 0 Å². The number of hydrogen-bond donors (Lipinski definition) is 0. The number of terminal acetylenes is 1. The van der Waals surface area contributed by atoms with Crippen molar-refractivity contribution in [3.63, 3.8) is 0 Å². The SMILES string of the molecule is C#CCC/C=C/CBr. The molecule has 0 spiro atoms. The second kappa shape index (κ2) is 6.78. The van der Waals surface area contributed by atoms with Gasteiger partial charge < -0.3 is 0 Å². The van der Waals surface area contributed by atoms with Crippen LogP contribution in [-0.2, 0) is 0 Å². The fraction of sp³-hybridized carbons (Fsp3) is 0.429. The van der Waals surface area contributed by atoms with E-state index in [-0.39, 0.29) is 0 Å². The maximum Gasteiger partial charge on any atom is 0.0212 e. The Bertz CT molecular complexity index is 97.4. The van der Waals surface area contributed by atoms with Crippen LogP contribution in [0, 0.1) is 12.3 Å². The lowest BCUT2D eigenvalue weighted by Crippen LogP contribution is -1.63. The highest BCUT2D eigenvalue weighted by atomic mass is 79.9. The molecular weight excluding hydrogens is 164 g/mol. The summed E-state index contributed by atoms with van der Waals surface area (Å²) in [5.74, 6) is 2.56. The Balaban J connectivity index is 2.94. The Morgan fingerprint density at radius 2 is 2.25 bits per heavy atom. The van der Waals surface area contributed by atoms with Crippen LogP contribution >= 0.6 is 15.9 Å². The first-order valence-electron chi connectivity index (χ1n) is 2.56. The fourth-order valence-corrected chi connectivity index (χ4v) is 0.612. The van der Waals surface area contributed by atoms with Gasteiger partial charge in [0.25, 0.3) is 0 Å².